The Morgan fingerprint density at radius 1 is 1.47 bits per heavy atom. The highest BCUT2D eigenvalue weighted by Gasteiger charge is 2.20. The molecule has 1 aromatic rings. The van der Waals surface area contributed by atoms with Crippen molar-refractivity contribution < 1.29 is 19.4 Å². The second-order valence-corrected chi connectivity index (χ2v) is 4.35. The smallest absolute Gasteiger partial charge is 0.303 e. The van der Waals surface area contributed by atoms with Crippen molar-refractivity contribution in [3.05, 3.63) is 28.8 Å². The van der Waals surface area contributed by atoms with Crippen LogP contribution < -0.4 is 4.74 Å². The molecular formula is C13H16O4. The summed E-state index contributed by atoms with van der Waals surface area (Å²) in [7, 11) is 1.61. The molecule has 1 heterocycles. The normalized spacial score (nSPS) is 15.4. The summed E-state index contributed by atoms with van der Waals surface area (Å²) in [6.45, 7) is 3.11. The fourth-order valence-corrected chi connectivity index (χ4v) is 2.16. The molecular weight excluding hydrogens is 220 g/mol. The molecule has 1 aliphatic heterocycles. The predicted molar refractivity (Wildman–Crippen MR) is 62.2 cm³/mol. The topological polar surface area (TPSA) is 55.8 Å². The van der Waals surface area contributed by atoms with Crippen LogP contribution in [0.15, 0.2) is 12.1 Å². The molecule has 0 radical (unpaired) electrons. The fourth-order valence-electron chi connectivity index (χ4n) is 2.16. The lowest BCUT2D eigenvalue weighted by Crippen LogP contribution is -2.05. The van der Waals surface area contributed by atoms with Gasteiger partial charge in [-0.05, 0) is 34.7 Å². The summed E-state index contributed by atoms with van der Waals surface area (Å²) in [5.41, 5.74) is 3.21. The van der Waals surface area contributed by atoms with Crippen LogP contribution in [0.3, 0.4) is 0 Å². The number of hydrogen-bond acceptors (Lipinski definition) is 3. The molecule has 2 rings (SSSR count). The first-order valence-electron chi connectivity index (χ1n) is 5.61. The Hall–Kier alpha value is -1.55. The van der Waals surface area contributed by atoms with Crippen molar-refractivity contribution in [1.29, 1.82) is 0 Å². The van der Waals surface area contributed by atoms with Crippen LogP contribution in [0.1, 0.15) is 36.0 Å². The lowest BCUT2D eigenvalue weighted by atomic mass is 9.93. The van der Waals surface area contributed by atoms with Crippen molar-refractivity contribution in [3.63, 3.8) is 0 Å². The third-order valence-corrected chi connectivity index (χ3v) is 3.08. The molecule has 0 fully saturated rings. The lowest BCUT2D eigenvalue weighted by Gasteiger charge is -2.15. The van der Waals surface area contributed by atoms with E-state index in [1.54, 1.807) is 7.11 Å². The summed E-state index contributed by atoms with van der Waals surface area (Å²) >= 11 is 0. The van der Waals surface area contributed by atoms with Gasteiger partial charge in [-0.2, -0.15) is 0 Å². The number of methoxy groups -OCH3 is 1. The fraction of sp³-hybridized carbons (Fsp3) is 0.462. The van der Waals surface area contributed by atoms with Gasteiger partial charge >= 0.3 is 5.97 Å². The molecule has 0 bridgehead atoms. The SMILES string of the molecule is COc1cc2c(cc1C(C)CC(=O)O)COC2. The van der Waals surface area contributed by atoms with Gasteiger partial charge in [0.1, 0.15) is 5.75 Å². The highest BCUT2D eigenvalue weighted by Crippen LogP contribution is 2.34. The summed E-state index contributed by atoms with van der Waals surface area (Å²) in [6, 6.07) is 3.96. The number of benzene rings is 1. The van der Waals surface area contributed by atoms with Gasteiger partial charge in [-0.25, -0.2) is 0 Å². The Morgan fingerprint density at radius 2 is 2.12 bits per heavy atom. The first kappa shape index (κ1) is 11.9. The maximum absolute atomic E-state index is 10.8. The highest BCUT2D eigenvalue weighted by atomic mass is 16.5. The molecule has 1 aromatic carbocycles. The van der Waals surface area contributed by atoms with Crippen molar-refractivity contribution in [1.82, 2.24) is 0 Å². The van der Waals surface area contributed by atoms with Crippen LogP contribution in [0, 0.1) is 0 Å². The molecule has 92 valence electrons. The average molecular weight is 236 g/mol. The molecule has 1 N–H and O–H groups in total. The molecule has 1 unspecified atom stereocenters. The zero-order valence-corrected chi connectivity index (χ0v) is 10.0. The molecule has 0 saturated carbocycles. The van der Waals surface area contributed by atoms with E-state index in [0.29, 0.717) is 13.2 Å². The summed E-state index contributed by atoms with van der Waals surface area (Å²) in [6.07, 6.45) is 0.107. The second kappa shape index (κ2) is 4.75. The first-order valence-corrected chi connectivity index (χ1v) is 5.61. The predicted octanol–water partition coefficient (Wildman–Crippen LogP) is 2.30. The molecule has 1 atom stereocenters. The van der Waals surface area contributed by atoms with Crippen molar-refractivity contribution >= 4 is 5.97 Å². The van der Waals surface area contributed by atoms with Gasteiger partial charge < -0.3 is 14.6 Å². The Bertz CT molecular complexity index is 439. The van der Waals surface area contributed by atoms with E-state index < -0.39 is 5.97 Å². The summed E-state index contributed by atoms with van der Waals surface area (Å²) in [5.74, 6) is -0.104. The van der Waals surface area contributed by atoms with Gasteiger partial charge in [0.2, 0.25) is 0 Å². The first-order chi connectivity index (χ1) is 8.11. The van der Waals surface area contributed by atoms with Crippen LogP contribution in [0.4, 0.5) is 0 Å². The Labute approximate surface area is 100 Å². The largest absolute Gasteiger partial charge is 0.496 e. The van der Waals surface area contributed by atoms with Crippen molar-refractivity contribution in [2.24, 2.45) is 0 Å². The number of carbonyl (C=O) groups is 1. The van der Waals surface area contributed by atoms with Crippen LogP contribution in [0.2, 0.25) is 0 Å². The van der Waals surface area contributed by atoms with Crippen molar-refractivity contribution in [2.45, 2.75) is 32.5 Å². The van der Waals surface area contributed by atoms with Gasteiger partial charge in [-0.1, -0.05) is 6.92 Å². The second-order valence-electron chi connectivity index (χ2n) is 4.35. The minimum atomic E-state index is -0.795. The lowest BCUT2D eigenvalue weighted by molar-refractivity contribution is -0.137. The van der Waals surface area contributed by atoms with Gasteiger partial charge in [0.25, 0.3) is 0 Å². The van der Waals surface area contributed by atoms with E-state index in [-0.39, 0.29) is 12.3 Å². The van der Waals surface area contributed by atoms with E-state index in [4.69, 9.17) is 14.6 Å². The number of ether oxygens (including phenoxy) is 2. The minimum Gasteiger partial charge on any atom is -0.496 e. The average Bonchev–Trinajstić information content (AvgIpc) is 2.73. The number of fused-ring (bicyclic) bond motifs is 1. The molecule has 0 saturated heterocycles. The monoisotopic (exact) mass is 236 g/mol. The Balaban J connectivity index is 2.35. The Morgan fingerprint density at radius 3 is 2.71 bits per heavy atom. The zero-order chi connectivity index (χ0) is 12.4. The van der Waals surface area contributed by atoms with Crippen LogP contribution in [-0.4, -0.2) is 18.2 Å². The summed E-state index contributed by atoms with van der Waals surface area (Å²) in [4.78, 5) is 10.8. The van der Waals surface area contributed by atoms with E-state index in [0.717, 1.165) is 22.4 Å². The number of hydrogen-bond donors (Lipinski definition) is 1. The quantitative estimate of drug-likeness (QED) is 0.871. The molecule has 0 aliphatic carbocycles. The number of carboxylic acids is 1. The molecule has 0 amide bonds. The maximum Gasteiger partial charge on any atom is 0.303 e. The summed E-state index contributed by atoms with van der Waals surface area (Å²) < 4.78 is 10.7. The molecule has 4 heteroatoms. The standard InChI is InChI=1S/C13H16O4/c1-8(3-13(14)15)11-4-9-6-17-7-10(9)5-12(11)16-2/h4-5,8H,3,6-7H2,1-2H3,(H,14,15). The summed E-state index contributed by atoms with van der Waals surface area (Å²) in [5, 5.41) is 8.84. The minimum absolute atomic E-state index is 0.0617. The maximum atomic E-state index is 10.8. The number of rotatable bonds is 4. The molecule has 4 nitrogen and oxygen atoms in total. The van der Waals surface area contributed by atoms with E-state index in [9.17, 15) is 4.79 Å². The molecule has 1 aliphatic rings. The van der Waals surface area contributed by atoms with Gasteiger partial charge in [0.15, 0.2) is 0 Å². The number of aliphatic carboxylic acids is 1. The van der Waals surface area contributed by atoms with Gasteiger partial charge in [-0.15, -0.1) is 0 Å². The van der Waals surface area contributed by atoms with E-state index in [1.165, 1.54) is 0 Å². The zero-order valence-electron chi connectivity index (χ0n) is 10.0. The highest BCUT2D eigenvalue weighted by molar-refractivity contribution is 5.68. The Kier molecular flexibility index (Phi) is 3.33. The number of carboxylic acid groups (broad SMARTS) is 1. The van der Waals surface area contributed by atoms with Crippen molar-refractivity contribution in [2.75, 3.05) is 7.11 Å². The molecule has 0 spiro atoms. The van der Waals surface area contributed by atoms with Crippen LogP contribution >= 0.6 is 0 Å². The van der Waals surface area contributed by atoms with Gasteiger partial charge in [0, 0.05) is 0 Å². The van der Waals surface area contributed by atoms with Crippen LogP contribution in [0.5, 0.6) is 5.75 Å². The van der Waals surface area contributed by atoms with Crippen LogP contribution in [0.25, 0.3) is 0 Å². The van der Waals surface area contributed by atoms with Crippen LogP contribution in [-0.2, 0) is 22.7 Å². The molecule has 17 heavy (non-hydrogen) atoms. The third-order valence-electron chi connectivity index (χ3n) is 3.08. The third kappa shape index (κ3) is 2.42. The van der Waals surface area contributed by atoms with E-state index in [2.05, 4.69) is 0 Å². The van der Waals surface area contributed by atoms with Crippen molar-refractivity contribution in [3.8, 4) is 5.75 Å². The van der Waals surface area contributed by atoms with Gasteiger partial charge in [-0.3, -0.25) is 4.79 Å². The van der Waals surface area contributed by atoms with Gasteiger partial charge in [0.05, 0.1) is 26.7 Å². The van der Waals surface area contributed by atoms with E-state index in [1.807, 2.05) is 19.1 Å². The van der Waals surface area contributed by atoms with E-state index >= 15 is 0 Å². The molecule has 0 aromatic heterocycles.